The summed E-state index contributed by atoms with van der Waals surface area (Å²) in [5.41, 5.74) is 0.490. The van der Waals surface area contributed by atoms with Crippen LogP contribution in [0.25, 0.3) is 0 Å². The molecule has 128 valence electrons. The van der Waals surface area contributed by atoms with Crippen molar-refractivity contribution in [2.75, 3.05) is 56.5 Å². The second-order valence-corrected chi connectivity index (χ2v) is 7.47. The van der Waals surface area contributed by atoms with Gasteiger partial charge < -0.3 is 15.0 Å². The molecule has 1 heterocycles. The van der Waals surface area contributed by atoms with E-state index >= 15 is 0 Å². The van der Waals surface area contributed by atoms with E-state index in [1.165, 1.54) is 4.90 Å². The van der Waals surface area contributed by atoms with Gasteiger partial charge in [-0.25, -0.2) is 8.42 Å². The van der Waals surface area contributed by atoms with Gasteiger partial charge in [-0.2, -0.15) is 0 Å². The molecule has 1 amide bonds. The molecule has 0 radical (unpaired) electrons. The third kappa shape index (κ3) is 5.81. The van der Waals surface area contributed by atoms with Gasteiger partial charge >= 0.3 is 0 Å². The molecule has 1 fully saturated rings. The zero-order chi connectivity index (χ0) is 16.7. The highest BCUT2D eigenvalue weighted by molar-refractivity contribution is 7.92. The number of nitrogens with zero attached hydrogens (tertiary/aromatic N) is 1. The number of benzene rings is 1. The first-order chi connectivity index (χ1) is 11.0. The Morgan fingerprint density at radius 1 is 1.26 bits per heavy atom. The predicted octanol–water partition coefficient (Wildman–Crippen LogP) is -1.52. The van der Waals surface area contributed by atoms with Crippen LogP contribution in [0.2, 0.25) is 0 Å². The molecular formula is C15H24N3O4S+. The van der Waals surface area contributed by atoms with Crippen molar-refractivity contribution in [1.82, 2.24) is 5.32 Å². The molecular weight excluding hydrogens is 318 g/mol. The fourth-order valence-corrected chi connectivity index (χ4v) is 3.33. The summed E-state index contributed by atoms with van der Waals surface area (Å²) in [6.45, 7) is 4.52. The van der Waals surface area contributed by atoms with Gasteiger partial charge in [-0.05, 0) is 12.1 Å². The summed E-state index contributed by atoms with van der Waals surface area (Å²) in [6.07, 6.45) is 1.10. The summed E-state index contributed by atoms with van der Waals surface area (Å²) in [5, 5.41) is 2.80. The molecule has 1 saturated heterocycles. The maximum Gasteiger partial charge on any atom is 0.240 e. The number of amides is 1. The van der Waals surface area contributed by atoms with Gasteiger partial charge in [-0.3, -0.25) is 9.10 Å². The lowest BCUT2D eigenvalue weighted by atomic mass is 10.3. The number of sulfonamides is 1. The van der Waals surface area contributed by atoms with Gasteiger partial charge in [0.2, 0.25) is 15.9 Å². The van der Waals surface area contributed by atoms with E-state index in [-0.39, 0.29) is 12.5 Å². The summed E-state index contributed by atoms with van der Waals surface area (Å²) in [4.78, 5) is 13.5. The number of hydrogen-bond acceptors (Lipinski definition) is 4. The van der Waals surface area contributed by atoms with Crippen molar-refractivity contribution in [3.8, 4) is 0 Å². The zero-order valence-electron chi connectivity index (χ0n) is 13.3. The average Bonchev–Trinajstić information content (AvgIpc) is 2.53. The molecule has 0 aliphatic carbocycles. The van der Waals surface area contributed by atoms with Crippen LogP contribution >= 0.6 is 0 Å². The number of carbonyl (C=O) groups is 1. The van der Waals surface area contributed by atoms with E-state index in [9.17, 15) is 13.2 Å². The molecule has 7 nitrogen and oxygen atoms in total. The molecule has 0 saturated carbocycles. The van der Waals surface area contributed by atoms with E-state index in [1.54, 1.807) is 30.3 Å². The Hall–Kier alpha value is -1.64. The molecule has 0 atom stereocenters. The van der Waals surface area contributed by atoms with Gasteiger partial charge in [0.05, 0.1) is 38.2 Å². The first-order valence-corrected chi connectivity index (χ1v) is 9.52. The van der Waals surface area contributed by atoms with Crippen LogP contribution in [-0.4, -0.2) is 66.5 Å². The van der Waals surface area contributed by atoms with Gasteiger partial charge in [0.25, 0.3) is 0 Å². The average molecular weight is 342 g/mol. The second kappa shape index (κ2) is 8.28. The van der Waals surface area contributed by atoms with E-state index in [0.29, 0.717) is 12.2 Å². The Kier molecular flexibility index (Phi) is 6.37. The Balaban J connectivity index is 1.85. The normalized spacial score (nSPS) is 16.0. The first-order valence-electron chi connectivity index (χ1n) is 7.67. The van der Waals surface area contributed by atoms with E-state index in [0.717, 1.165) is 43.4 Å². The molecule has 1 aromatic rings. The Bertz CT molecular complexity index is 600. The van der Waals surface area contributed by atoms with E-state index in [1.807, 2.05) is 0 Å². The minimum absolute atomic E-state index is 0.207. The van der Waals surface area contributed by atoms with E-state index in [2.05, 4.69) is 5.32 Å². The number of rotatable bonds is 7. The molecule has 1 aromatic carbocycles. The molecule has 0 aromatic heterocycles. The standard InChI is InChI=1S/C15H23N3O4S/c1-23(20,21)18(14-5-3-2-4-6-14)13-15(19)16-7-8-17-9-11-22-12-10-17/h2-6H,7-13H2,1H3,(H,16,19)/p+1. The van der Waals surface area contributed by atoms with Crippen molar-refractivity contribution in [2.24, 2.45) is 0 Å². The molecule has 1 aliphatic heterocycles. The predicted molar refractivity (Wildman–Crippen MR) is 88.0 cm³/mol. The van der Waals surface area contributed by atoms with Crippen LogP contribution in [0.5, 0.6) is 0 Å². The first kappa shape index (κ1) is 17.7. The van der Waals surface area contributed by atoms with Crippen LogP contribution in [0.1, 0.15) is 0 Å². The minimum atomic E-state index is -3.51. The summed E-state index contributed by atoms with van der Waals surface area (Å²) < 4.78 is 30.2. The molecule has 2 N–H and O–H groups in total. The Labute approximate surface area is 137 Å². The maximum absolute atomic E-state index is 12.1. The molecule has 0 bridgehead atoms. The molecule has 0 unspecified atom stereocenters. The fraction of sp³-hybridized carbons (Fsp3) is 0.533. The van der Waals surface area contributed by atoms with Crippen molar-refractivity contribution in [2.45, 2.75) is 0 Å². The second-order valence-electron chi connectivity index (χ2n) is 5.57. The smallest absolute Gasteiger partial charge is 0.240 e. The number of nitrogens with one attached hydrogen (secondary N) is 2. The van der Waals surface area contributed by atoms with E-state index in [4.69, 9.17) is 4.74 Å². The van der Waals surface area contributed by atoms with Crippen LogP contribution in [0.4, 0.5) is 5.69 Å². The van der Waals surface area contributed by atoms with Crippen LogP contribution in [0.15, 0.2) is 30.3 Å². The van der Waals surface area contributed by atoms with E-state index < -0.39 is 10.0 Å². The fourth-order valence-electron chi connectivity index (χ4n) is 2.47. The minimum Gasteiger partial charge on any atom is -0.370 e. The summed E-state index contributed by atoms with van der Waals surface area (Å²) >= 11 is 0. The summed E-state index contributed by atoms with van der Waals surface area (Å²) in [7, 11) is -3.51. The van der Waals surface area contributed by atoms with Gasteiger partial charge in [-0.1, -0.05) is 18.2 Å². The number of para-hydroxylation sites is 1. The monoisotopic (exact) mass is 342 g/mol. The highest BCUT2D eigenvalue weighted by Crippen LogP contribution is 2.15. The van der Waals surface area contributed by atoms with Crippen molar-refractivity contribution < 1.29 is 22.8 Å². The van der Waals surface area contributed by atoms with Gasteiger partial charge in [0.1, 0.15) is 19.6 Å². The Morgan fingerprint density at radius 2 is 1.91 bits per heavy atom. The Morgan fingerprint density at radius 3 is 2.52 bits per heavy atom. The maximum atomic E-state index is 12.1. The molecule has 0 spiro atoms. The van der Waals surface area contributed by atoms with Gasteiger partial charge in [-0.15, -0.1) is 0 Å². The summed E-state index contributed by atoms with van der Waals surface area (Å²) in [5.74, 6) is -0.299. The van der Waals surface area contributed by atoms with Gasteiger partial charge in [0, 0.05) is 0 Å². The third-order valence-electron chi connectivity index (χ3n) is 3.73. The van der Waals surface area contributed by atoms with Crippen molar-refractivity contribution in [3.05, 3.63) is 30.3 Å². The van der Waals surface area contributed by atoms with Crippen LogP contribution in [0, 0.1) is 0 Å². The van der Waals surface area contributed by atoms with Crippen LogP contribution < -0.4 is 14.5 Å². The number of carbonyl (C=O) groups excluding carboxylic acids is 1. The lowest BCUT2D eigenvalue weighted by molar-refractivity contribution is -0.906. The zero-order valence-corrected chi connectivity index (χ0v) is 14.1. The molecule has 1 aliphatic rings. The lowest BCUT2D eigenvalue weighted by Crippen LogP contribution is -3.14. The number of ether oxygens (including phenoxy) is 1. The molecule has 23 heavy (non-hydrogen) atoms. The van der Waals surface area contributed by atoms with Crippen molar-refractivity contribution in [3.63, 3.8) is 0 Å². The SMILES string of the molecule is CS(=O)(=O)N(CC(=O)NCC[NH+]1CCOCC1)c1ccccc1. The highest BCUT2D eigenvalue weighted by Gasteiger charge is 2.21. The van der Waals surface area contributed by atoms with Gasteiger partial charge in [0.15, 0.2) is 0 Å². The van der Waals surface area contributed by atoms with Crippen LogP contribution in [0.3, 0.4) is 0 Å². The largest absolute Gasteiger partial charge is 0.370 e. The number of anilines is 1. The topological polar surface area (TPSA) is 80.2 Å². The lowest BCUT2D eigenvalue weighted by Gasteiger charge is -2.24. The molecule has 2 rings (SSSR count). The number of quaternary nitrogens is 1. The van der Waals surface area contributed by atoms with Crippen LogP contribution in [-0.2, 0) is 19.6 Å². The number of morpholine rings is 1. The summed E-state index contributed by atoms with van der Waals surface area (Å²) in [6, 6.07) is 8.63. The third-order valence-corrected chi connectivity index (χ3v) is 4.87. The number of hydrogen-bond donors (Lipinski definition) is 2. The van der Waals surface area contributed by atoms with Crippen molar-refractivity contribution >= 4 is 21.6 Å². The highest BCUT2D eigenvalue weighted by atomic mass is 32.2. The van der Waals surface area contributed by atoms with Crippen molar-refractivity contribution in [1.29, 1.82) is 0 Å². The molecule has 8 heteroatoms. The quantitative estimate of drug-likeness (QED) is 0.631.